The van der Waals surface area contributed by atoms with Crippen molar-refractivity contribution in [2.75, 3.05) is 0 Å². The second-order valence-corrected chi connectivity index (χ2v) is 5.83. The third-order valence-electron chi connectivity index (χ3n) is 2.90. The second-order valence-electron chi connectivity index (χ2n) is 4.69. The van der Waals surface area contributed by atoms with Crippen molar-refractivity contribution in [3.05, 3.63) is 65.2 Å². The Morgan fingerprint density at radius 2 is 1.43 bits per heavy atom. The molecule has 0 radical (unpaired) electrons. The monoisotopic (exact) mass is 342 g/mol. The summed E-state index contributed by atoms with van der Waals surface area (Å²) in [5.74, 6) is -0.991. The lowest BCUT2D eigenvalue weighted by atomic mass is 10.1. The first-order valence-electron chi connectivity index (χ1n) is 6.58. The van der Waals surface area contributed by atoms with Crippen molar-refractivity contribution < 1.29 is 27.8 Å². The van der Waals surface area contributed by atoms with E-state index in [0.717, 1.165) is 11.1 Å². The molecule has 0 aliphatic heterocycles. The molecule has 0 spiro atoms. The number of halogens is 3. The fourth-order valence-electron chi connectivity index (χ4n) is 1.82. The Balaban J connectivity index is 1.83. The summed E-state index contributed by atoms with van der Waals surface area (Å²) in [5, 5.41) is 8.79. The first-order valence-corrected chi connectivity index (χ1v) is 7.40. The number of thioether (sulfide) groups is 1. The maximum atomic E-state index is 12.2. The standard InChI is InChI=1S/C16H13F3O3S/c17-16(18,19)23-14-7-3-12(4-8-14)10-22-9-11-1-5-13(6-2-11)15(20)21/h1-8H,9-10H2,(H,20,21). The molecule has 3 nitrogen and oxygen atoms in total. The third kappa shape index (κ3) is 5.96. The van der Waals surface area contributed by atoms with Crippen LogP contribution in [0.5, 0.6) is 0 Å². The highest BCUT2D eigenvalue weighted by atomic mass is 32.2. The Morgan fingerprint density at radius 3 is 1.87 bits per heavy atom. The number of carboxylic acids is 1. The van der Waals surface area contributed by atoms with Gasteiger partial charge in [-0.05, 0) is 47.2 Å². The Labute approximate surface area is 135 Å². The summed E-state index contributed by atoms with van der Waals surface area (Å²) in [7, 11) is 0. The molecule has 23 heavy (non-hydrogen) atoms. The minimum absolute atomic E-state index is 0.130. The molecule has 0 heterocycles. The van der Waals surface area contributed by atoms with Crippen LogP contribution in [0, 0.1) is 0 Å². The lowest BCUT2D eigenvalue weighted by molar-refractivity contribution is -0.0328. The zero-order chi connectivity index (χ0) is 16.9. The predicted molar refractivity (Wildman–Crippen MR) is 80.2 cm³/mol. The van der Waals surface area contributed by atoms with E-state index in [1.165, 1.54) is 24.3 Å². The van der Waals surface area contributed by atoms with E-state index in [0.29, 0.717) is 6.61 Å². The fourth-order valence-corrected chi connectivity index (χ4v) is 2.36. The summed E-state index contributed by atoms with van der Waals surface area (Å²) >= 11 is -0.155. The van der Waals surface area contributed by atoms with Crippen molar-refractivity contribution >= 4 is 17.7 Å². The quantitative estimate of drug-likeness (QED) is 0.772. The van der Waals surface area contributed by atoms with Gasteiger partial charge in [0, 0.05) is 4.90 Å². The zero-order valence-electron chi connectivity index (χ0n) is 11.8. The van der Waals surface area contributed by atoms with Crippen molar-refractivity contribution in [3.8, 4) is 0 Å². The molecule has 122 valence electrons. The highest BCUT2D eigenvalue weighted by molar-refractivity contribution is 8.00. The Morgan fingerprint density at radius 1 is 0.957 bits per heavy atom. The van der Waals surface area contributed by atoms with E-state index >= 15 is 0 Å². The van der Waals surface area contributed by atoms with Gasteiger partial charge < -0.3 is 9.84 Å². The molecule has 0 aliphatic carbocycles. The minimum atomic E-state index is -4.29. The van der Waals surface area contributed by atoms with Gasteiger partial charge in [0.15, 0.2) is 0 Å². The van der Waals surface area contributed by atoms with Crippen LogP contribution < -0.4 is 0 Å². The van der Waals surface area contributed by atoms with Crippen molar-refractivity contribution in [2.45, 2.75) is 23.6 Å². The van der Waals surface area contributed by atoms with Gasteiger partial charge in [0.25, 0.3) is 0 Å². The number of hydrogen-bond donors (Lipinski definition) is 1. The summed E-state index contributed by atoms with van der Waals surface area (Å²) in [5.41, 5.74) is -2.51. The molecule has 0 amide bonds. The highest BCUT2D eigenvalue weighted by Crippen LogP contribution is 2.36. The first-order chi connectivity index (χ1) is 10.8. The average molecular weight is 342 g/mol. The molecule has 1 N–H and O–H groups in total. The largest absolute Gasteiger partial charge is 0.478 e. The summed E-state index contributed by atoms with van der Waals surface area (Å²) in [4.78, 5) is 10.9. The number of rotatable bonds is 6. The number of carboxylic acid groups (broad SMARTS) is 1. The van der Waals surface area contributed by atoms with Crippen LogP contribution in [-0.4, -0.2) is 16.6 Å². The van der Waals surface area contributed by atoms with E-state index in [4.69, 9.17) is 9.84 Å². The molecule has 7 heteroatoms. The van der Waals surface area contributed by atoms with Gasteiger partial charge in [-0.25, -0.2) is 4.79 Å². The summed E-state index contributed by atoms with van der Waals surface area (Å²) < 4.78 is 42.1. The van der Waals surface area contributed by atoms with Crippen molar-refractivity contribution in [1.29, 1.82) is 0 Å². The third-order valence-corrected chi connectivity index (χ3v) is 3.63. The lowest BCUT2D eigenvalue weighted by Gasteiger charge is -2.08. The summed E-state index contributed by atoms with van der Waals surface area (Å²) in [6, 6.07) is 12.3. The Hall–Kier alpha value is -1.99. The zero-order valence-corrected chi connectivity index (χ0v) is 12.7. The molecule has 2 rings (SSSR count). The van der Waals surface area contributed by atoms with Crippen molar-refractivity contribution in [3.63, 3.8) is 0 Å². The first kappa shape index (κ1) is 17.4. The van der Waals surface area contributed by atoms with Gasteiger partial charge in [-0.3, -0.25) is 0 Å². The van der Waals surface area contributed by atoms with E-state index in [1.807, 2.05) is 0 Å². The molecular weight excluding hydrogens is 329 g/mol. The molecule has 0 unspecified atom stereocenters. The van der Waals surface area contributed by atoms with Gasteiger partial charge in [-0.15, -0.1) is 0 Å². The van der Waals surface area contributed by atoms with Gasteiger partial charge in [0.05, 0.1) is 18.8 Å². The van der Waals surface area contributed by atoms with Gasteiger partial charge in [-0.2, -0.15) is 13.2 Å². The Bertz CT molecular complexity index is 652. The number of benzene rings is 2. The molecule has 0 bridgehead atoms. The van der Waals surface area contributed by atoms with Gasteiger partial charge in [0.2, 0.25) is 0 Å². The highest BCUT2D eigenvalue weighted by Gasteiger charge is 2.28. The number of ether oxygens (including phenoxy) is 1. The van der Waals surface area contributed by atoms with Gasteiger partial charge >= 0.3 is 11.5 Å². The van der Waals surface area contributed by atoms with E-state index in [9.17, 15) is 18.0 Å². The predicted octanol–water partition coefficient (Wildman–Crippen LogP) is 4.71. The van der Waals surface area contributed by atoms with Crippen LogP contribution >= 0.6 is 11.8 Å². The van der Waals surface area contributed by atoms with Crippen LogP contribution in [-0.2, 0) is 18.0 Å². The maximum Gasteiger partial charge on any atom is 0.446 e. The molecule has 0 saturated carbocycles. The van der Waals surface area contributed by atoms with Crippen LogP contribution in [0.1, 0.15) is 21.5 Å². The molecule has 0 saturated heterocycles. The van der Waals surface area contributed by atoms with Gasteiger partial charge in [-0.1, -0.05) is 24.3 Å². The molecule has 0 atom stereocenters. The fraction of sp³-hybridized carbons (Fsp3) is 0.188. The topological polar surface area (TPSA) is 46.5 Å². The Kier molecular flexibility index (Phi) is 5.68. The summed E-state index contributed by atoms with van der Waals surface area (Å²) in [6.45, 7) is 0.552. The lowest BCUT2D eigenvalue weighted by Crippen LogP contribution is -1.99. The SMILES string of the molecule is O=C(O)c1ccc(COCc2ccc(SC(F)(F)F)cc2)cc1. The second kappa shape index (κ2) is 7.52. The number of hydrogen-bond acceptors (Lipinski definition) is 3. The maximum absolute atomic E-state index is 12.2. The molecule has 2 aromatic carbocycles. The minimum Gasteiger partial charge on any atom is -0.478 e. The van der Waals surface area contributed by atoms with E-state index < -0.39 is 11.5 Å². The average Bonchev–Trinajstić information content (AvgIpc) is 2.48. The number of alkyl halides is 3. The van der Waals surface area contributed by atoms with E-state index in [-0.39, 0.29) is 28.8 Å². The van der Waals surface area contributed by atoms with Crippen LogP contribution in [0.3, 0.4) is 0 Å². The van der Waals surface area contributed by atoms with Crippen LogP contribution in [0.2, 0.25) is 0 Å². The van der Waals surface area contributed by atoms with Crippen LogP contribution in [0.25, 0.3) is 0 Å². The van der Waals surface area contributed by atoms with Gasteiger partial charge in [0.1, 0.15) is 0 Å². The van der Waals surface area contributed by atoms with E-state index in [2.05, 4.69) is 0 Å². The summed E-state index contributed by atoms with van der Waals surface area (Å²) in [6.07, 6.45) is 0. The smallest absolute Gasteiger partial charge is 0.446 e. The molecule has 0 aliphatic rings. The normalized spacial score (nSPS) is 11.4. The van der Waals surface area contributed by atoms with Crippen LogP contribution in [0.15, 0.2) is 53.4 Å². The number of aromatic carboxylic acids is 1. The molecule has 0 fully saturated rings. The van der Waals surface area contributed by atoms with Crippen LogP contribution in [0.4, 0.5) is 13.2 Å². The van der Waals surface area contributed by atoms with Crippen molar-refractivity contribution in [1.82, 2.24) is 0 Å². The number of carbonyl (C=O) groups is 1. The molecular formula is C16H13F3O3S. The molecule has 0 aromatic heterocycles. The molecule has 2 aromatic rings. The van der Waals surface area contributed by atoms with Crippen molar-refractivity contribution in [2.24, 2.45) is 0 Å². The van der Waals surface area contributed by atoms with E-state index in [1.54, 1.807) is 24.3 Å².